The van der Waals surface area contributed by atoms with Crippen LogP contribution in [0.2, 0.25) is 0 Å². The summed E-state index contributed by atoms with van der Waals surface area (Å²) >= 11 is 0. The number of nitrogens with zero attached hydrogens (tertiary/aromatic N) is 6. The number of fused-ring (bicyclic) bond motifs is 1. The standard InChI is InChI=1S/C14H18N6O2/c1-17-5-6-19(14(17)22)10-13(21)18-3-2-4-20-12(9-18)7-11(8-15)16-20/h7H,2-6,9-10H2,1H3. The molecule has 8 heteroatoms. The van der Waals surface area contributed by atoms with E-state index in [1.54, 1.807) is 32.5 Å². The predicted molar refractivity (Wildman–Crippen MR) is 76.6 cm³/mol. The Bertz CT molecular complexity index is 646. The minimum absolute atomic E-state index is 0.0585. The monoisotopic (exact) mass is 302 g/mol. The third kappa shape index (κ3) is 2.62. The number of carbonyl (C=O) groups excluding carboxylic acids is 2. The smallest absolute Gasteiger partial charge is 0.320 e. The maximum absolute atomic E-state index is 12.5. The molecule has 0 bridgehead atoms. The average Bonchev–Trinajstić information content (AvgIpc) is 2.97. The van der Waals surface area contributed by atoms with Crippen molar-refractivity contribution in [2.24, 2.45) is 0 Å². The molecule has 3 rings (SSSR count). The van der Waals surface area contributed by atoms with Crippen LogP contribution >= 0.6 is 0 Å². The Morgan fingerprint density at radius 2 is 2.18 bits per heavy atom. The number of aryl methyl sites for hydroxylation is 1. The number of carbonyl (C=O) groups is 2. The Morgan fingerprint density at radius 3 is 2.86 bits per heavy atom. The molecule has 2 aliphatic heterocycles. The first-order chi connectivity index (χ1) is 10.6. The van der Waals surface area contributed by atoms with E-state index in [9.17, 15) is 9.59 Å². The lowest BCUT2D eigenvalue weighted by molar-refractivity contribution is -0.132. The van der Waals surface area contributed by atoms with E-state index < -0.39 is 0 Å². The maximum Gasteiger partial charge on any atom is 0.320 e. The zero-order valence-corrected chi connectivity index (χ0v) is 12.5. The van der Waals surface area contributed by atoms with Crippen molar-refractivity contribution in [1.29, 1.82) is 5.26 Å². The first kappa shape index (κ1) is 14.4. The van der Waals surface area contributed by atoms with Gasteiger partial charge in [-0.3, -0.25) is 9.48 Å². The largest absolute Gasteiger partial charge is 0.335 e. The molecule has 0 aromatic carbocycles. The maximum atomic E-state index is 12.5. The molecule has 0 saturated carbocycles. The number of hydrogen-bond acceptors (Lipinski definition) is 4. The zero-order chi connectivity index (χ0) is 15.7. The number of rotatable bonds is 2. The molecule has 3 heterocycles. The summed E-state index contributed by atoms with van der Waals surface area (Å²) in [6, 6.07) is 3.65. The van der Waals surface area contributed by atoms with Crippen molar-refractivity contribution in [1.82, 2.24) is 24.5 Å². The first-order valence-electron chi connectivity index (χ1n) is 7.33. The van der Waals surface area contributed by atoms with Crippen molar-refractivity contribution in [2.45, 2.75) is 19.5 Å². The third-order valence-corrected chi connectivity index (χ3v) is 4.11. The van der Waals surface area contributed by atoms with E-state index in [-0.39, 0.29) is 18.5 Å². The minimum Gasteiger partial charge on any atom is -0.335 e. The van der Waals surface area contributed by atoms with Gasteiger partial charge in [-0.1, -0.05) is 0 Å². The first-order valence-corrected chi connectivity index (χ1v) is 7.33. The lowest BCUT2D eigenvalue weighted by Crippen LogP contribution is -2.41. The molecule has 8 nitrogen and oxygen atoms in total. The molecule has 0 unspecified atom stereocenters. The average molecular weight is 302 g/mol. The van der Waals surface area contributed by atoms with Gasteiger partial charge in [0.05, 0.1) is 12.2 Å². The van der Waals surface area contributed by atoms with Crippen molar-refractivity contribution in [3.8, 4) is 6.07 Å². The van der Waals surface area contributed by atoms with Crippen LogP contribution in [0.3, 0.4) is 0 Å². The summed E-state index contributed by atoms with van der Waals surface area (Å²) in [5.74, 6) is -0.0585. The fourth-order valence-electron chi connectivity index (χ4n) is 2.84. The van der Waals surface area contributed by atoms with Crippen LogP contribution in [0.15, 0.2) is 6.07 Å². The highest BCUT2D eigenvalue weighted by Gasteiger charge is 2.29. The van der Waals surface area contributed by atoms with Crippen LogP contribution in [-0.2, 0) is 17.9 Å². The van der Waals surface area contributed by atoms with Crippen LogP contribution in [0.4, 0.5) is 4.79 Å². The van der Waals surface area contributed by atoms with E-state index in [4.69, 9.17) is 5.26 Å². The van der Waals surface area contributed by atoms with Crippen LogP contribution in [0.1, 0.15) is 17.8 Å². The zero-order valence-electron chi connectivity index (χ0n) is 12.5. The van der Waals surface area contributed by atoms with Gasteiger partial charge in [-0.15, -0.1) is 0 Å². The van der Waals surface area contributed by atoms with E-state index in [1.807, 2.05) is 6.07 Å². The Labute approximate surface area is 128 Å². The van der Waals surface area contributed by atoms with Crippen LogP contribution in [0.25, 0.3) is 0 Å². The Kier molecular flexibility index (Phi) is 3.71. The molecule has 0 aliphatic carbocycles. The summed E-state index contributed by atoms with van der Waals surface area (Å²) in [4.78, 5) is 29.3. The fourth-order valence-corrected chi connectivity index (χ4v) is 2.84. The summed E-state index contributed by atoms with van der Waals surface area (Å²) < 4.78 is 1.79. The Hall–Kier alpha value is -2.56. The highest BCUT2D eigenvalue weighted by atomic mass is 16.2. The van der Waals surface area contributed by atoms with E-state index in [2.05, 4.69) is 5.10 Å². The van der Waals surface area contributed by atoms with Gasteiger partial charge in [-0.25, -0.2) is 4.79 Å². The van der Waals surface area contributed by atoms with Crippen LogP contribution < -0.4 is 0 Å². The Balaban J connectivity index is 1.68. The molecule has 1 fully saturated rings. The van der Waals surface area contributed by atoms with E-state index in [1.165, 1.54) is 0 Å². The molecule has 0 spiro atoms. The van der Waals surface area contributed by atoms with Gasteiger partial charge >= 0.3 is 6.03 Å². The second-order valence-corrected chi connectivity index (χ2v) is 5.65. The van der Waals surface area contributed by atoms with Crippen molar-refractivity contribution >= 4 is 11.9 Å². The molecule has 22 heavy (non-hydrogen) atoms. The molecule has 1 aromatic rings. The quantitative estimate of drug-likeness (QED) is 0.760. The van der Waals surface area contributed by atoms with Crippen molar-refractivity contribution in [3.63, 3.8) is 0 Å². The van der Waals surface area contributed by atoms with Crippen LogP contribution in [0.5, 0.6) is 0 Å². The third-order valence-electron chi connectivity index (χ3n) is 4.11. The number of hydrogen-bond donors (Lipinski definition) is 0. The molecule has 116 valence electrons. The summed E-state index contributed by atoms with van der Waals surface area (Å²) in [6.45, 7) is 3.14. The second kappa shape index (κ2) is 5.67. The molecule has 0 atom stereocenters. The van der Waals surface area contributed by atoms with Gasteiger partial charge in [0, 0.05) is 33.2 Å². The van der Waals surface area contributed by atoms with Gasteiger partial charge in [-0.2, -0.15) is 10.4 Å². The molecule has 1 aromatic heterocycles. The van der Waals surface area contributed by atoms with Crippen LogP contribution in [-0.4, -0.2) is 69.6 Å². The molecular weight excluding hydrogens is 284 g/mol. The van der Waals surface area contributed by atoms with E-state index in [0.717, 1.165) is 12.1 Å². The van der Waals surface area contributed by atoms with Gasteiger partial charge in [-0.05, 0) is 12.5 Å². The molecule has 2 aliphatic rings. The van der Waals surface area contributed by atoms with E-state index in [0.29, 0.717) is 38.4 Å². The van der Waals surface area contributed by atoms with Crippen molar-refractivity contribution in [2.75, 3.05) is 33.2 Å². The summed E-state index contributed by atoms with van der Waals surface area (Å²) in [5, 5.41) is 13.1. The van der Waals surface area contributed by atoms with E-state index >= 15 is 0 Å². The number of nitriles is 1. The molecule has 0 N–H and O–H groups in total. The number of aromatic nitrogens is 2. The summed E-state index contributed by atoms with van der Waals surface area (Å²) in [6.07, 6.45) is 0.791. The molecule has 0 radical (unpaired) electrons. The van der Waals surface area contributed by atoms with Gasteiger partial charge in [0.25, 0.3) is 0 Å². The molecule has 3 amide bonds. The van der Waals surface area contributed by atoms with Gasteiger partial charge in [0.1, 0.15) is 12.6 Å². The highest BCUT2D eigenvalue weighted by Crippen LogP contribution is 2.15. The number of urea groups is 1. The lowest BCUT2D eigenvalue weighted by Gasteiger charge is -2.23. The van der Waals surface area contributed by atoms with Crippen molar-refractivity contribution < 1.29 is 9.59 Å². The number of amides is 3. The Morgan fingerprint density at radius 1 is 1.36 bits per heavy atom. The normalized spacial score (nSPS) is 18.2. The van der Waals surface area contributed by atoms with Gasteiger partial charge < -0.3 is 14.7 Å². The topological polar surface area (TPSA) is 85.5 Å². The highest BCUT2D eigenvalue weighted by molar-refractivity contribution is 5.85. The molecular formula is C14H18N6O2. The molecule has 1 saturated heterocycles. The predicted octanol–water partition coefficient (Wildman–Crippen LogP) is -0.146. The van der Waals surface area contributed by atoms with Crippen molar-refractivity contribution in [3.05, 3.63) is 17.5 Å². The van der Waals surface area contributed by atoms with Crippen LogP contribution in [0, 0.1) is 11.3 Å². The summed E-state index contributed by atoms with van der Waals surface area (Å²) in [7, 11) is 1.74. The summed E-state index contributed by atoms with van der Waals surface area (Å²) in [5.41, 5.74) is 1.24. The fraction of sp³-hybridized carbons (Fsp3) is 0.571. The number of likely N-dealkylation sites (N-methyl/N-ethyl adjacent to an activating group) is 1. The second-order valence-electron chi connectivity index (χ2n) is 5.65. The van der Waals surface area contributed by atoms with Gasteiger partial charge in [0.15, 0.2) is 5.69 Å². The minimum atomic E-state index is -0.0972. The lowest BCUT2D eigenvalue weighted by atomic mass is 10.3. The SMILES string of the molecule is CN1CCN(CC(=O)N2CCCn3nc(C#N)cc3C2)C1=O. The van der Waals surface area contributed by atoms with Gasteiger partial charge in [0.2, 0.25) is 5.91 Å².